The molecule has 1 aromatic carbocycles. The Bertz CT molecular complexity index is 814. The molecule has 2 aromatic rings. The van der Waals surface area contributed by atoms with Crippen LogP contribution in [-0.2, 0) is 11.2 Å². The van der Waals surface area contributed by atoms with Gasteiger partial charge in [0.2, 0.25) is 0 Å². The first kappa shape index (κ1) is 23.2. The lowest BCUT2D eigenvalue weighted by atomic mass is 10.0. The summed E-state index contributed by atoms with van der Waals surface area (Å²) in [6.45, 7) is 12.4. The number of guanidine groups is 1. The Morgan fingerprint density at radius 2 is 1.90 bits per heavy atom. The van der Waals surface area contributed by atoms with Gasteiger partial charge in [-0.25, -0.2) is 9.07 Å². The second-order valence-corrected chi connectivity index (χ2v) is 8.08. The topological polar surface area (TPSA) is 66.7 Å². The van der Waals surface area contributed by atoms with Crippen LogP contribution >= 0.6 is 0 Å². The van der Waals surface area contributed by atoms with Crippen LogP contribution in [0.25, 0.3) is 5.69 Å². The average molecular weight is 431 g/mol. The molecule has 1 fully saturated rings. The molecule has 0 saturated carbocycles. The van der Waals surface area contributed by atoms with Crippen LogP contribution in [0.4, 0.5) is 4.39 Å². The zero-order chi connectivity index (χ0) is 22.1. The highest BCUT2D eigenvalue weighted by Crippen LogP contribution is 2.13. The van der Waals surface area contributed by atoms with Gasteiger partial charge in [0.05, 0.1) is 31.1 Å². The van der Waals surface area contributed by atoms with E-state index in [0.29, 0.717) is 12.0 Å². The van der Waals surface area contributed by atoms with Crippen molar-refractivity contribution in [3.8, 4) is 5.69 Å². The molecular weight excluding hydrogens is 395 g/mol. The Labute approximate surface area is 184 Å². The van der Waals surface area contributed by atoms with Gasteiger partial charge in [-0.05, 0) is 43.2 Å². The van der Waals surface area contributed by atoms with Gasteiger partial charge in [0.15, 0.2) is 5.96 Å². The number of nitrogens with one attached hydrogen (secondary N) is 2. The molecule has 1 aromatic heterocycles. The Morgan fingerprint density at radius 3 is 2.58 bits per heavy atom. The Balaban J connectivity index is 1.53. The standard InChI is InChI=1S/C23H35FN6O/c1-4-25-23(27-17-22(18(2)3)29-13-15-31-16-14-29)26-11-9-20-10-12-30(28-20)21-7-5-19(24)6-8-21/h5-8,10,12,18,22H,4,9,11,13-17H2,1-3H3,(H2,25,26,27). The maximum Gasteiger partial charge on any atom is 0.191 e. The molecule has 8 heteroatoms. The van der Waals surface area contributed by atoms with E-state index in [1.165, 1.54) is 12.1 Å². The van der Waals surface area contributed by atoms with E-state index in [2.05, 4.69) is 41.4 Å². The molecule has 170 valence electrons. The lowest BCUT2D eigenvalue weighted by Crippen LogP contribution is -2.48. The molecule has 0 bridgehead atoms. The summed E-state index contributed by atoms with van der Waals surface area (Å²) in [6, 6.07) is 8.73. The van der Waals surface area contributed by atoms with Crippen molar-refractivity contribution >= 4 is 5.96 Å². The first-order valence-corrected chi connectivity index (χ1v) is 11.2. The second kappa shape index (κ2) is 11.8. The van der Waals surface area contributed by atoms with Gasteiger partial charge in [-0.2, -0.15) is 5.10 Å². The SMILES string of the molecule is CCNC(=NCC(C(C)C)N1CCOCC1)NCCc1ccn(-c2ccc(F)cc2)n1. The van der Waals surface area contributed by atoms with Crippen molar-refractivity contribution in [1.82, 2.24) is 25.3 Å². The number of benzene rings is 1. The number of morpholine rings is 1. The molecule has 1 unspecified atom stereocenters. The number of halogens is 1. The summed E-state index contributed by atoms with van der Waals surface area (Å²) >= 11 is 0. The fourth-order valence-corrected chi connectivity index (χ4v) is 3.73. The minimum Gasteiger partial charge on any atom is -0.379 e. The molecule has 1 aliphatic rings. The predicted octanol–water partition coefficient (Wildman–Crippen LogP) is 2.47. The van der Waals surface area contributed by atoms with Crippen molar-refractivity contribution in [1.29, 1.82) is 0 Å². The Kier molecular flexibility index (Phi) is 8.85. The number of nitrogens with zero attached hydrogens (tertiary/aromatic N) is 4. The predicted molar refractivity (Wildman–Crippen MR) is 122 cm³/mol. The second-order valence-electron chi connectivity index (χ2n) is 8.08. The highest BCUT2D eigenvalue weighted by molar-refractivity contribution is 5.79. The fourth-order valence-electron chi connectivity index (χ4n) is 3.73. The highest BCUT2D eigenvalue weighted by Gasteiger charge is 2.23. The van der Waals surface area contributed by atoms with E-state index in [9.17, 15) is 4.39 Å². The maximum atomic E-state index is 13.1. The smallest absolute Gasteiger partial charge is 0.191 e. The summed E-state index contributed by atoms with van der Waals surface area (Å²) in [7, 11) is 0. The average Bonchev–Trinajstić information content (AvgIpc) is 3.24. The van der Waals surface area contributed by atoms with Crippen molar-refractivity contribution in [2.45, 2.75) is 33.2 Å². The van der Waals surface area contributed by atoms with Gasteiger partial charge >= 0.3 is 0 Å². The first-order valence-electron chi connectivity index (χ1n) is 11.2. The highest BCUT2D eigenvalue weighted by atomic mass is 19.1. The Morgan fingerprint density at radius 1 is 1.16 bits per heavy atom. The third-order valence-corrected chi connectivity index (χ3v) is 5.47. The number of rotatable bonds is 9. The first-order chi connectivity index (χ1) is 15.1. The molecule has 1 aliphatic heterocycles. The van der Waals surface area contributed by atoms with E-state index in [1.807, 2.05) is 12.3 Å². The quantitative estimate of drug-likeness (QED) is 0.473. The summed E-state index contributed by atoms with van der Waals surface area (Å²) in [4.78, 5) is 7.34. The van der Waals surface area contributed by atoms with Crippen LogP contribution in [0, 0.1) is 11.7 Å². The summed E-state index contributed by atoms with van der Waals surface area (Å²) in [5.41, 5.74) is 1.82. The van der Waals surface area contributed by atoms with Crippen LogP contribution in [-0.4, -0.2) is 72.6 Å². The van der Waals surface area contributed by atoms with Crippen molar-refractivity contribution in [2.24, 2.45) is 10.9 Å². The molecule has 0 amide bonds. The van der Waals surface area contributed by atoms with Crippen LogP contribution in [0.2, 0.25) is 0 Å². The molecule has 0 radical (unpaired) electrons. The van der Waals surface area contributed by atoms with Crippen LogP contribution in [0.5, 0.6) is 0 Å². The van der Waals surface area contributed by atoms with Gasteiger partial charge in [0, 0.05) is 44.8 Å². The third-order valence-electron chi connectivity index (χ3n) is 5.47. The number of hydrogen-bond donors (Lipinski definition) is 2. The van der Waals surface area contributed by atoms with Crippen molar-refractivity contribution < 1.29 is 9.13 Å². The molecule has 7 nitrogen and oxygen atoms in total. The van der Waals surface area contributed by atoms with Gasteiger partial charge in [-0.1, -0.05) is 13.8 Å². The summed E-state index contributed by atoms with van der Waals surface area (Å²) in [5.74, 6) is 1.11. The van der Waals surface area contributed by atoms with Gasteiger partial charge < -0.3 is 15.4 Å². The van der Waals surface area contributed by atoms with Crippen molar-refractivity contribution in [2.75, 3.05) is 45.9 Å². The van der Waals surface area contributed by atoms with E-state index >= 15 is 0 Å². The molecule has 2 N–H and O–H groups in total. The summed E-state index contributed by atoms with van der Waals surface area (Å²) < 4.78 is 20.4. The zero-order valence-electron chi connectivity index (χ0n) is 18.9. The number of hydrogen-bond acceptors (Lipinski definition) is 4. The van der Waals surface area contributed by atoms with E-state index in [0.717, 1.165) is 69.7 Å². The largest absolute Gasteiger partial charge is 0.379 e. The van der Waals surface area contributed by atoms with E-state index < -0.39 is 0 Å². The zero-order valence-corrected chi connectivity index (χ0v) is 18.9. The molecule has 1 atom stereocenters. The van der Waals surface area contributed by atoms with Crippen LogP contribution in [0.3, 0.4) is 0 Å². The molecule has 3 rings (SSSR count). The number of aromatic nitrogens is 2. The number of ether oxygens (including phenoxy) is 1. The maximum absolute atomic E-state index is 13.1. The number of aliphatic imine (C=N–C) groups is 1. The van der Waals surface area contributed by atoms with E-state index in [-0.39, 0.29) is 5.82 Å². The van der Waals surface area contributed by atoms with Gasteiger partial charge in [0.25, 0.3) is 0 Å². The Hall–Kier alpha value is -2.45. The normalized spacial score (nSPS) is 16.5. The van der Waals surface area contributed by atoms with Crippen LogP contribution in [0.15, 0.2) is 41.5 Å². The van der Waals surface area contributed by atoms with Crippen molar-refractivity contribution in [3.63, 3.8) is 0 Å². The molecule has 0 spiro atoms. The van der Waals surface area contributed by atoms with Gasteiger partial charge in [-0.15, -0.1) is 0 Å². The van der Waals surface area contributed by atoms with Crippen LogP contribution < -0.4 is 10.6 Å². The van der Waals surface area contributed by atoms with E-state index in [1.54, 1.807) is 16.8 Å². The van der Waals surface area contributed by atoms with Gasteiger partial charge in [-0.3, -0.25) is 9.89 Å². The van der Waals surface area contributed by atoms with Crippen LogP contribution in [0.1, 0.15) is 26.5 Å². The molecular formula is C23H35FN6O. The van der Waals surface area contributed by atoms with Gasteiger partial charge in [0.1, 0.15) is 5.82 Å². The molecule has 0 aliphatic carbocycles. The molecule has 31 heavy (non-hydrogen) atoms. The summed E-state index contributed by atoms with van der Waals surface area (Å²) in [5, 5.41) is 11.3. The van der Waals surface area contributed by atoms with Crippen molar-refractivity contribution in [3.05, 3.63) is 48.0 Å². The lowest BCUT2D eigenvalue weighted by molar-refractivity contribution is 0.00867. The fraction of sp³-hybridized carbons (Fsp3) is 0.565. The molecule has 2 heterocycles. The minimum absolute atomic E-state index is 0.246. The van der Waals surface area contributed by atoms with E-state index in [4.69, 9.17) is 9.73 Å². The lowest BCUT2D eigenvalue weighted by Gasteiger charge is -2.36. The molecule has 1 saturated heterocycles. The monoisotopic (exact) mass is 430 g/mol. The minimum atomic E-state index is -0.246. The third kappa shape index (κ3) is 7.04. The summed E-state index contributed by atoms with van der Waals surface area (Å²) in [6.07, 6.45) is 2.67.